The molecule has 1 unspecified atom stereocenters. The molecule has 1 fully saturated rings. The molecule has 1 aliphatic heterocycles. The predicted molar refractivity (Wildman–Crippen MR) is 76.9 cm³/mol. The number of carbonyl (C=O) groups excluding carboxylic acids is 1. The van der Waals surface area contributed by atoms with Crippen LogP contribution in [0.4, 0.5) is 0 Å². The van der Waals surface area contributed by atoms with Gasteiger partial charge < -0.3 is 10.0 Å². The van der Waals surface area contributed by atoms with Gasteiger partial charge in [0.2, 0.25) is 0 Å². The van der Waals surface area contributed by atoms with Crippen molar-refractivity contribution in [2.45, 2.75) is 26.4 Å². The minimum atomic E-state index is -0.817. The summed E-state index contributed by atoms with van der Waals surface area (Å²) in [5.41, 5.74) is 0. The van der Waals surface area contributed by atoms with E-state index >= 15 is 0 Å². The van der Waals surface area contributed by atoms with Gasteiger partial charge >= 0.3 is 0 Å². The van der Waals surface area contributed by atoms with Gasteiger partial charge in [-0.2, -0.15) is 11.8 Å². The van der Waals surface area contributed by atoms with Crippen LogP contribution < -0.4 is 0 Å². The van der Waals surface area contributed by atoms with Crippen LogP contribution in [0.2, 0.25) is 0 Å². The van der Waals surface area contributed by atoms with E-state index in [1.54, 1.807) is 0 Å². The Hall–Kier alpha value is -0.260. The first-order chi connectivity index (χ1) is 8.54. The zero-order chi connectivity index (χ0) is 13.5. The Labute approximate surface area is 115 Å². The first-order valence-electron chi connectivity index (χ1n) is 6.72. The third kappa shape index (κ3) is 5.16. The summed E-state index contributed by atoms with van der Waals surface area (Å²) in [6, 6.07) is 0. The quantitative estimate of drug-likeness (QED) is 0.781. The predicted octanol–water partition coefficient (Wildman–Crippen LogP) is 0.901. The van der Waals surface area contributed by atoms with Gasteiger partial charge in [-0.3, -0.25) is 9.69 Å². The molecule has 1 atom stereocenters. The molecule has 106 valence electrons. The zero-order valence-corrected chi connectivity index (χ0v) is 12.6. The summed E-state index contributed by atoms with van der Waals surface area (Å²) in [5.74, 6) is 1.41. The second-order valence-electron chi connectivity index (χ2n) is 5.31. The molecule has 1 N–H and O–H groups in total. The molecule has 0 aromatic heterocycles. The third-order valence-corrected chi connectivity index (χ3v) is 3.87. The van der Waals surface area contributed by atoms with Crippen molar-refractivity contribution in [3.63, 3.8) is 0 Å². The lowest BCUT2D eigenvalue weighted by molar-refractivity contribution is -0.142. The van der Waals surface area contributed by atoms with Gasteiger partial charge in [-0.15, -0.1) is 0 Å². The Morgan fingerprint density at radius 2 is 1.89 bits per heavy atom. The summed E-state index contributed by atoms with van der Waals surface area (Å²) < 4.78 is 0. The molecule has 0 aromatic rings. The summed E-state index contributed by atoms with van der Waals surface area (Å²) >= 11 is 1.85. The number of hydrogen-bond donors (Lipinski definition) is 1. The largest absolute Gasteiger partial charge is 0.383 e. The molecular weight excluding hydrogens is 248 g/mol. The van der Waals surface area contributed by atoms with Crippen molar-refractivity contribution in [1.82, 2.24) is 9.80 Å². The van der Waals surface area contributed by atoms with Gasteiger partial charge in [-0.1, -0.05) is 13.8 Å². The Kier molecular flexibility index (Phi) is 7.04. The molecule has 1 rings (SSSR count). The maximum absolute atomic E-state index is 12.0. The van der Waals surface area contributed by atoms with E-state index in [-0.39, 0.29) is 5.91 Å². The first kappa shape index (κ1) is 15.8. The molecule has 0 aliphatic carbocycles. The maximum atomic E-state index is 12.0. The van der Waals surface area contributed by atoms with E-state index < -0.39 is 6.10 Å². The average molecular weight is 274 g/mol. The molecule has 4 nitrogen and oxygen atoms in total. The highest BCUT2D eigenvalue weighted by atomic mass is 32.2. The fourth-order valence-electron chi connectivity index (χ4n) is 2.17. The number of carbonyl (C=O) groups is 1. The lowest BCUT2D eigenvalue weighted by Crippen LogP contribution is -2.51. The first-order valence-corrected chi connectivity index (χ1v) is 8.12. The maximum Gasteiger partial charge on any atom is 0.251 e. The number of thioether (sulfide) groups is 1. The molecule has 5 heteroatoms. The van der Waals surface area contributed by atoms with Gasteiger partial charge in [0.15, 0.2) is 0 Å². The van der Waals surface area contributed by atoms with Crippen molar-refractivity contribution in [2.24, 2.45) is 5.92 Å². The fourth-order valence-corrected chi connectivity index (χ4v) is 2.61. The number of aliphatic hydroxyl groups excluding tert-OH is 1. The van der Waals surface area contributed by atoms with Crippen molar-refractivity contribution in [1.29, 1.82) is 0 Å². The molecule has 1 amide bonds. The highest BCUT2D eigenvalue weighted by Crippen LogP contribution is 2.10. The average Bonchev–Trinajstić information content (AvgIpc) is 2.35. The van der Waals surface area contributed by atoms with Crippen LogP contribution in [0.3, 0.4) is 0 Å². The normalized spacial score (nSPS) is 19.3. The van der Waals surface area contributed by atoms with Crippen LogP contribution in [0.1, 0.15) is 20.3 Å². The molecule has 18 heavy (non-hydrogen) atoms. The van der Waals surface area contributed by atoms with Crippen molar-refractivity contribution < 1.29 is 9.90 Å². The molecule has 0 aromatic carbocycles. The monoisotopic (exact) mass is 274 g/mol. The number of piperazine rings is 1. The highest BCUT2D eigenvalue weighted by molar-refractivity contribution is 7.98. The van der Waals surface area contributed by atoms with Crippen LogP contribution in [-0.2, 0) is 4.79 Å². The summed E-state index contributed by atoms with van der Waals surface area (Å²) in [7, 11) is 0. The third-order valence-electron chi connectivity index (χ3n) is 3.28. The number of aliphatic hydroxyl groups is 1. The fraction of sp³-hybridized carbons (Fsp3) is 0.923. The smallest absolute Gasteiger partial charge is 0.251 e. The lowest BCUT2D eigenvalue weighted by atomic mass is 10.0. The second-order valence-corrected chi connectivity index (χ2v) is 6.29. The van der Waals surface area contributed by atoms with E-state index in [1.807, 2.05) is 30.5 Å². The molecular formula is C13H26N2O2S. The molecule has 0 saturated carbocycles. The van der Waals surface area contributed by atoms with Crippen molar-refractivity contribution in [3.8, 4) is 0 Å². The number of nitrogens with zero attached hydrogens (tertiary/aromatic N) is 2. The van der Waals surface area contributed by atoms with Gasteiger partial charge in [0.05, 0.1) is 0 Å². The number of rotatable bonds is 6. The highest BCUT2D eigenvalue weighted by Gasteiger charge is 2.26. The molecule has 1 saturated heterocycles. The van der Waals surface area contributed by atoms with Crippen molar-refractivity contribution in [3.05, 3.63) is 0 Å². The topological polar surface area (TPSA) is 43.8 Å². The van der Waals surface area contributed by atoms with E-state index in [0.717, 1.165) is 38.5 Å². The summed E-state index contributed by atoms with van der Waals surface area (Å²) in [6.07, 6.45) is 1.86. The SMILES string of the molecule is CSCCN1CCN(C(=O)C(O)CC(C)C)CC1. The van der Waals surface area contributed by atoms with Crippen molar-refractivity contribution >= 4 is 17.7 Å². The standard InChI is InChI=1S/C13H26N2O2S/c1-11(2)10-12(16)13(17)15-6-4-14(5-7-15)8-9-18-3/h11-12,16H,4-10H2,1-3H3. The Morgan fingerprint density at radius 1 is 1.28 bits per heavy atom. The van der Waals surface area contributed by atoms with Gasteiger partial charge in [0.25, 0.3) is 5.91 Å². The lowest BCUT2D eigenvalue weighted by Gasteiger charge is -2.35. The van der Waals surface area contributed by atoms with E-state index in [0.29, 0.717) is 12.3 Å². The molecule has 0 radical (unpaired) electrons. The molecule has 1 heterocycles. The minimum Gasteiger partial charge on any atom is -0.383 e. The number of hydrogen-bond acceptors (Lipinski definition) is 4. The van der Waals surface area contributed by atoms with Crippen LogP contribution in [0.15, 0.2) is 0 Å². The van der Waals surface area contributed by atoms with E-state index in [1.165, 1.54) is 0 Å². The molecule has 0 bridgehead atoms. The van der Waals surface area contributed by atoms with Gasteiger partial charge in [0.1, 0.15) is 6.10 Å². The molecule has 1 aliphatic rings. The van der Waals surface area contributed by atoms with Crippen LogP contribution in [0.5, 0.6) is 0 Å². The summed E-state index contributed by atoms with van der Waals surface area (Å²) in [6.45, 7) is 8.51. The van der Waals surface area contributed by atoms with Crippen molar-refractivity contribution in [2.75, 3.05) is 44.7 Å². The van der Waals surface area contributed by atoms with Gasteiger partial charge in [0, 0.05) is 38.5 Å². The second kappa shape index (κ2) is 8.02. The van der Waals surface area contributed by atoms with Crippen LogP contribution >= 0.6 is 11.8 Å². The van der Waals surface area contributed by atoms with Crippen LogP contribution in [0.25, 0.3) is 0 Å². The van der Waals surface area contributed by atoms with Gasteiger partial charge in [-0.05, 0) is 18.6 Å². The summed E-state index contributed by atoms with van der Waals surface area (Å²) in [4.78, 5) is 16.2. The summed E-state index contributed by atoms with van der Waals surface area (Å²) in [5, 5.41) is 9.84. The van der Waals surface area contributed by atoms with E-state index in [9.17, 15) is 9.90 Å². The zero-order valence-electron chi connectivity index (χ0n) is 11.8. The molecule has 0 spiro atoms. The van der Waals surface area contributed by atoms with E-state index in [2.05, 4.69) is 11.2 Å². The van der Waals surface area contributed by atoms with Crippen LogP contribution in [0, 0.1) is 5.92 Å². The number of amides is 1. The Bertz CT molecular complexity index is 253. The Balaban J connectivity index is 2.31. The van der Waals surface area contributed by atoms with Crippen LogP contribution in [-0.4, -0.2) is 71.6 Å². The van der Waals surface area contributed by atoms with Gasteiger partial charge in [-0.25, -0.2) is 0 Å². The Morgan fingerprint density at radius 3 is 2.39 bits per heavy atom. The minimum absolute atomic E-state index is 0.0896. The van der Waals surface area contributed by atoms with E-state index in [4.69, 9.17) is 0 Å².